The van der Waals surface area contributed by atoms with Gasteiger partial charge in [0.05, 0.1) is 23.7 Å². The van der Waals surface area contributed by atoms with Crippen molar-refractivity contribution in [1.82, 2.24) is 9.78 Å². The Hall–Kier alpha value is -2.79. The van der Waals surface area contributed by atoms with Crippen molar-refractivity contribution < 1.29 is 13.9 Å². The van der Waals surface area contributed by atoms with E-state index in [1.165, 1.54) is 24.3 Å². The van der Waals surface area contributed by atoms with Crippen LogP contribution in [0.2, 0.25) is 0 Å². The van der Waals surface area contributed by atoms with E-state index in [0.717, 1.165) is 28.9 Å². The Morgan fingerprint density at radius 3 is 2.61 bits per heavy atom. The van der Waals surface area contributed by atoms with Gasteiger partial charge in [-0.05, 0) is 78.8 Å². The molecule has 0 spiro atoms. The predicted octanol–water partition coefficient (Wildman–Crippen LogP) is 5.24. The highest BCUT2D eigenvalue weighted by atomic mass is 19.1. The molecule has 0 radical (unpaired) electrons. The topological polar surface area (TPSA) is 38.0 Å². The zero-order valence-electron chi connectivity index (χ0n) is 15.9. The van der Waals surface area contributed by atoms with Crippen LogP contribution in [0.5, 0.6) is 0 Å². The van der Waals surface area contributed by atoms with Crippen molar-refractivity contribution in [1.29, 1.82) is 0 Å². The zero-order chi connectivity index (χ0) is 19.9. The first-order chi connectivity index (χ1) is 13.4. The molecule has 0 saturated heterocycles. The Morgan fingerprint density at radius 2 is 1.89 bits per heavy atom. The number of rotatable bonds is 4. The van der Waals surface area contributed by atoms with Crippen molar-refractivity contribution in [3.8, 4) is 5.69 Å². The fourth-order valence-corrected chi connectivity index (χ4v) is 3.90. The average Bonchev–Trinajstić information content (AvgIpc) is 3.05. The highest BCUT2D eigenvalue weighted by Gasteiger charge is 2.35. The van der Waals surface area contributed by atoms with Gasteiger partial charge in [0, 0.05) is 0 Å². The zero-order valence-corrected chi connectivity index (χ0v) is 15.9. The van der Waals surface area contributed by atoms with Crippen molar-refractivity contribution in [3.05, 3.63) is 88.8 Å². The van der Waals surface area contributed by atoms with Gasteiger partial charge in [-0.15, -0.1) is 0 Å². The van der Waals surface area contributed by atoms with Gasteiger partial charge >= 0.3 is 0 Å². The second-order valence-corrected chi connectivity index (χ2v) is 7.78. The molecule has 0 fully saturated rings. The summed E-state index contributed by atoms with van der Waals surface area (Å²) in [5.41, 5.74) is 4.29. The van der Waals surface area contributed by atoms with Crippen LogP contribution in [-0.2, 0) is 6.42 Å². The molecule has 1 unspecified atom stereocenters. The molecule has 4 rings (SSSR count). The maximum Gasteiger partial charge on any atom is 0.123 e. The standard InChI is InChI=1S/C23H22F2N2O/c1-15-10-21-17(14-26-27(21)20-8-6-18(24)7-9-20)12-23(15,2)13-22(28)16-4-3-5-19(25)11-16/h3-11,14,22,28H,12-13H2,1-2H3/t22?,23-/m1/s1. The molecule has 0 aliphatic heterocycles. The second-order valence-electron chi connectivity index (χ2n) is 7.78. The van der Waals surface area contributed by atoms with Crippen LogP contribution in [0.25, 0.3) is 11.8 Å². The molecule has 5 heteroatoms. The van der Waals surface area contributed by atoms with Crippen LogP contribution in [0, 0.1) is 17.0 Å². The largest absolute Gasteiger partial charge is 0.388 e. The Labute approximate surface area is 163 Å². The summed E-state index contributed by atoms with van der Waals surface area (Å²) in [5.74, 6) is -0.629. The fraction of sp³-hybridized carbons (Fsp3) is 0.261. The number of nitrogens with zero attached hydrogens (tertiary/aromatic N) is 2. The highest BCUT2D eigenvalue weighted by Crippen LogP contribution is 2.44. The number of aliphatic hydroxyl groups is 1. The summed E-state index contributed by atoms with van der Waals surface area (Å²) in [6.07, 6.45) is 4.36. The molecule has 144 valence electrons. The van der Waals surface area contributed by atoms with Gasteiger partial charge in [0.25, 0.3) is 0 Å². The Bertz CT molecular complexity index is 1040. The minimum absolute atomic E-state index is 0.268. The molecule has 1 aliphatic rings. The lowest BCUT2D eigenvalue weighted by molar-refractivity contribution is 0.121. The third-order valence-corrected chi connectivity index (χ3v) is 5.72. The van der Waals surface area contributed by atoms with Crippen molar-refractivity contribution in [2.24, 2.45) is 5.41 Å². The van der Waals surface area contributed by atoms with E-state index < -0.39 is 6.10 Å². The third kappa shape index (κ3) is 3.38. The fourth-order valence-electron chi connectivity index (χ4n) is 3.90. The van der Waals surface area contributed by atoms with Crippen LogP contribution in [0.4, 0.5) is 8.78 Å². The van der Waals surface area contributed by atoms with Gasteiger partial charge in [0.15, 0.2) is 0 Å². The van der Waals surface area contributed by atoms with E-state index in [9.17, 15) is 13.9 Å². The number of halogens is 2. The lowest BCUT2D eigenvalue weighted by Gasteiger charge is -2.36. The summed E-state index contributed by atoms with van der Waals surface area (Å²) < 4.78 is 28.5. The second kappa shape index (κ2) is 6.99. The molecule has 28 heavy (non-hydrogen) atoms. The third-order valence-electron chi connectivity index (χ3n) is 5.72. The molecule has 1 aliphatic carbocycles. The van der Waals surface area contributed by atoms with Gasteiger partial charge < -0.3 is 5.11 Å². The summed E-state index contributed by atoms with van der Waals surface area (Å²) >= 11 is 0. The molecule has 1 heterocycles. The van der Waals surface area contributed by atoms with Crippen LogP contribution < -0.4 is 0 Å². The van der Waals surface area contributed by atoms with E-state index in [2.05, 4.69) is 18.1 Å². The Balaban J connectivity index is 1.62. The molecular weight excluding hydrogens is 358 g/mol. The summed E-state index contributed by atoms with van der Waals surface area (Å²) in [6, 6.07) is 12.4. The lowest BCUT2D eigenvalue weighted by Crippen LogP contribution is -2.27. The smallest absolute Gasteiger partial charge is 0.123 e. The molecule has 0 saturated carbocycles. The van der Waals surface area contributed by atoms with E-state index in [1.807, 2.05) is 13.1 Å². The molecule has 1 aromatic heterocycles. The van der Waals surface area contributed by atoms with E-state index in [-0.39, 0.29) is 17.0 Å². The van der Waals surface area contributed by atoms with Gasteiger partial charge in [-0.3, -0.25) is 0 Å². The van der Waals surface area contributed by atoms with Crippen LogP contribution >= 0.6 is 0 Å². The van der Waals surface area contributed by atoms with E-state index in [1.54, 1.807) is 28.9 Å². The summed E-state index contributed by atoms with van der Waals surface area (Å²) in [6.45, 7) is 4.16. The monoisotopic (exact) mass is 380 g/mol. The van der Waals surface area contributed by atoms with Crippen molar-refractivity contribution in [3.63, 3.8) is 0 Å². The molecule has 0 amide bonds. The number of aliphatic hydroxyl groups excluding tert-OH is 1. The molecule has 2 atom stereocenters. The van der Waals surface area contributed by atoms with E-state index >= 15 is 0 Å². The Morgan fingerprint density at radius 1 is 1.14 bits per heavy atom. The van der Waals surface area contributed by atoms with Gasteiger partial charge in [0.1, 0.15) is 11.6 Å². The maximum atomic E-state index is 13.5. The number of benzene rings is 2. The maximum absolute atomic E-state index is 13.5. The summed E-state index contributed by atoms with van der Waals surface area (Å²) in [4.78, 5) is 0. The number of allylic oxidation sites excluding steroid dienone is 1. The average molecular weight is 380 g/mol. The van der Waals surface area contributed by atoms with Crippen LogP contribution in [0.1, 0.15) is 43.2 Å². The first-order valence-corrected chi connectivity index (χ1v) is 9.31. The van der Waals surface area contributed by atoms with Crippen LogP contribution in [0.3, 0.4) is 0 Å². The summed E-state index contributed by atoms with van der Waals surface area (Å²) in [7, 11) is 0. The minimum atomic E-state index is -0.752. The highest BCUT2D eigenvalue weighted by molar-refractivity contribution is 5.60. The summed E-state index contributed by atoms with van der Waals surface area (Å²) in [5, 5.41) is 15.2. The number of hydrogen-bond acceptors (Lipinski definition) is 2. The molecule has 3 aromatic rings. The van der Waals surface area contributed by atoms with Gasteiger partial charge in [-0.1, -0.05) is 24.6 Å². The normalized spacial score (nSPS) is 19.8. The van der Waals surface area contributed by atoms with Crippen molar-refractivity contribution in [2.45, 2.75) is 32.8 Å². The Kier molecular flexibility index (Phi) is 4.63. The van der Waals surface area contributed by atoms with E-state index in [4.69, 9.17) is 0 Å². The van der Waals surface area contributed by atoms with Gasteiger partial charge in [0.2, 0.25) is 0 Å². The quantitative estimate of drug-likeness (QED) is 0.672. The first kappa shape index (κ1) is 18.6. The molecular formula is C23H22F2N2O. The molecule has 3 nitrogen and oxygen atoms in total. The van der Waals surface area contributed by atoms with E-state index in [0.29, 0.717) is 12.0 Å². The van der Waals surface area contributed by atoms with Crippen molar-refractivity contribution in [2.75, 3.05) is 0 Å². The number of aromatic nitrogens is 2. The number of fused-ring (bicyclic) bond motifs is 1. The van der Waals surface area contributed by atoms with Crippen LogP contribution in [0.15, 0.2) is 60.3 Å². The first-order valence-electron chi connectivity index (χ1n) is 9.31. The lowest BCUT2D eigenvalue weighted by atomic mass is 9.70. The molecule has 1 N–H and O–H groups in total. The van der Waals surface area contributed by atoms with Crippen LogP contribution in [-0.4, -0.2) is 14.9 Å². The minimum Gasteiger partial charge on any atom is -0.388 e. The predicted molar refractivity (Wildman–Crippen MR) is 105 cm³/mol. The number of hydrogen-bond donors (Lipinski definition) is 1. The van der Waals surface area contributed by atoms with Gasteiger partial charge in [-0.2, -0.15) is 5.10 Å². The SMILES string of the molecule is CC1=Cc2c(cnn2-c2ccc(F)cc2)C[C@]1(C)CC(O)c1cccc(F)c1. The van der Waals surface area contributed by atoms with Gasteiger partial charge in [-0.25, -0.2) is 13.5 Å². The molecule has 2 aromatic carbocycles. The molecule has 0 bridgehead atoms. The van der Waals surface area contributed by atoms with Crippen molar-refractivity contribution >= 4 is 6.08 Å².